The Bertz CT molecular complexity index is 422. The lowest BCUT2D eigenvalue weighted by Crippen LogP contribution is -2.37. The fourth-order valence-electron chi connectivity index (χ4n) is 1.54. The smallest absolute Gasteiger partial charge is 0.318 e. The standard InChI is InChI=1S/C12H14N2O3/c1-9-3-5-10(6-4-9)13-11(15)12(16)14-7-2-8-17-14/h3-6H,2,7-8H2,1H3,(H,13,15). The van der Waals surface area contributed by atoms with Gasteiger partial charge in [0.1, 0.15) is 0 Å². The molecule has 0 atom stereocenters. The van der Waals surface area contributed by atoms with E-state index in [1.807, 2.05) is 19.1 Å². The van der Waals surface area contributed by atoms with Gasteiger partial charge in [0.2, 0.25) is 0 Å². The number of aryl methyl sites for hydroxylation is 1. The number of carbonyl (C=O) groups is 2. The molecule has 0 radical (unpaired) electrons. The van der Waals surface area contributed by atoms with Gasteiger partial charge in [0.15, 0.2) is 0 Å². The first-order chi connectivity index (χ1) is 8.16. The summed E-state index contributed by atoms with van der Waals surface area (Å²) in [6.07, 6.45) is 0.767. The van der Waals surface area contributed by atoms with Gasteiger partial charge in [0.25, 0.3) is 0 Å². The number of anilines is 1. The summed E-state index contributed by atoms with van der Waals surface area (Å²) in [7, 11) is 0. The Morgan fingerprint density at radius 2 is 2.00 bits per heavy atom. The third kappa shape index (κ3) is 2.82. The van der Waals surface area contributed by atoms with E-state index < -0.39 is 11.8 Å². The van der Waals surface area contributed by atoms with Crippen LogP contribution in [0.25, 0.3) is 0 Å². The van der Waals surface area contributed by atoms with E-state index in [-0.39, 0.29) is 0 Å². The van der Waals surface area contributed by atoms with Crippen LogP contribution in [0.15, 0.2) is 24.3 Å². The summed E-state index contributed by atoms with van der Waals surface area (Å²) < 4.78 is 0. The lowest BCUT2D eigenvalue weighted by molar-refractivity contribution is -0.172. The van der Waals surface area contributed by atoms with Crippen molar-refractivity contribution in [3.05, 3.63) is 29.8 Å². The lowest BCUT2D eigenvalue weighted by Gasteiger charge is -2.13. The molecule has 0 bridgehead atoms. The largest absolute Gasteiger partial charge is 0.335 e. The summed E-state index contributed by atoms with van der Waals surface area (Å²) >= 11 is 0. The van der Waals surface area contributed by atoms with Crippen LogP contribution >= 0.6 is 0 Å². The molecule has 5 heteroatoms. The van der Waals surface area contributed by atoms with Crippen LogP contribution in [-0.2, 0) is 14.4 Å². The van der Waals surface area contributed by atoms with Crippen molar-refractivity contribution in [3.8, 4) is 0 Å². The van der Waals surface area contributed by atoms with E-state index in [1.54, 1.807) is 12.1 Å². The molecule has 1 N–H and O–H groups in total. The van der Waals surface area contributed by atoms with Gasteiger partial charge in [-0.15, -0.1) is 0 Å². The zero-order valence-electron chi connectivity index (χ0n) is 9.60. The maximum Gasteiger partial charge on any atom is 0.335 e. The molecule has 0 saturated carbocycles. The average molecular weight is 234 g/mol. The first-order valence-electron chi connectivity index (χ1n) is 5.49. The highest BCUT2D eigenvalue weighted by molar-refractivity contribution is 6.39. The van der Waals surface area contributed by atoms with Gasteiger partial charge < -0.3 is 5.32 Å². The summed E-state index contributed by atoms with van der Waals surface area (Å²) in [5.41, 5.74) is 1.70. The second-order valence-electron chi connectivity index (χ2n) is 3.91. The van der Waals surface area contributed by atoms with Gasteiger partial charge in [-0.3, -0.25) is 14.4 Å². The van der Waals surface area contributed by atoms with Crippen molar-refractivity contribution in [1.29, 1.82) is 0 Å². The fraction of sp³-hybridized carbons (Fsp3) is 0.333. The molecule has 1 aliphatic heterocycles. The van der Waals surface area contributed by atoms with Gasteiger partial charge in [-0.2, -0.15) is 0 Å². The van der Waals surface area contributed by atoms with Crippen LogP contribution in [0.1, 0.15) is 12.0 Å². The van der Waals surface area contributed by atoms with Crippen LogP contribution in [-0.4, -0.2) is 30.0 Å². The average Bonchev–Trinajstić information content (AvgIpc) is 2.84. The van der Waals surface area contributed by atoms with Crippen molar-refractivity contribution in [2.75, 3.05) is 18.5 Å². The number of amides is 2. The van der Waals surface area contributed by atoms with Gasteiger partial charge in [0, 0.05) is 5.69 Å². The quantitative estimate of drug-likeness (QED) is 0.740. The molecule has 1 aromatic rings. The highest BCUT2D eigenvalue weighted by Crippen LogP contribution is 2.10. The van der Waals surface area contributed by atoms with E-state index in [1.165, 1.54) is 0 Å². The van der Waals surface area contributed by atoms with E-state index >= 15 is 0 Å². The summed E-state index contributed by atoms with van der Waals surface area (Å²) in [6, 6.07) is 7.25. The summed E-state index contributed by atoms with van der Waals surface area (Å²) in [6.45, 7) is 2.92. The number of carbonyl (C=O) groups excluding carboxylic acids is 2. The number of nitrogens with one attached hydrogen (secondary N) is 1. The summed E-state index contributed by atoms with van der Waals surface area (Å²) in [5, 5.41) is 3.64. The molecule has 1 aliphatic rings. The van der Waals surface area contributed by atoms with Crippen LogP contribution in [0.3, 0.4) is 0 Å². The monoisotopic (exact) mass is 234 g/mol. The van der Waals surface area contributed by atoms with E-state index in [4.69, 9.17) is 4.84 Å². The van der Waals surface area contributed by atoms with Gasteiger partial charge in [-0.1, -0.05) is 17.7 Å². The topological polar surface area (TPSA) is 58.6 Å². The third-order valence-electron chi connectivity index (χ3n) is 2.48. The first-order valence-corrected chi connectivity index (χ1v) is 5.49. The van der Waals surface area contributed by atoms with Gasteiger partial charge in [-0.05, 0) is 25.5 Å². The maximum absolute atomic E-state index is 11.6. The third-order valence-corrected chi connectivity index (χ3v) is 2.48. The molecular formula is C12H14N2O3. The molecule has 17 heavy (non-hydrogen) atoms. The summed E-state index contributed by atoms with van der Waals surface area (Å²) in [5.74, 6) is -1.32. The molecule has 5 nitrogen and oxygen atoms in total. The van der Waals surface area contributed by atoms with Crippen LogP contribution in [0.4, 0.5) is 5.69 Å². The Morgan fingerprint density at radius 3 is 2.59 bits per heavy atom. The molecule has 2 amide bonds. The van der Waals surface area contributed by atoms with Gasteiger partial charge in [0.05, 0.1) is 13.2 Å². The molecule has 2 rings (SSSR count). The van der Waals surface area contributed by atoms with Crippen molar-refractivity contribution in [2.24, 2.45) is 0 Å². The molecule has 1 saturated heterocycles. The number of hydrogen-bond donors (Lipinski definition) is 1. The Hall–Kier alpha value is -1.88. The molecule has 0 spiro atoms. The minimum Gasteiger partial charge on any atom is -0.318 e. The van der Waals surface area contributed by atoms with Crippen molar-refractivity contribution in [3.63, 3.8) is 0 Å². The molecule has 90 valence electrons. The SMILES string of the molecule is Cc1ccc(NC(=O)C(=O)N2CCCO2)cc1. The van der Waals surface area contributed by atoms with Crippen LogP contribution < -0.4 is 5.32 Å². The van der Waals surface area contributed by atoms with E-state index in [0.717, 1.165) is 17.0 Å². The number of rotatable bonds is 1. The molecule has 1 heterocycles. The Labute approximate surface area is 99.3 Å². The van der Waals surface area contributed by atoms with E-state index in [9.17, 15) is 9.59 Å². The summed E-state index contributed by atoms with van der Waals surface area (Å²) in [4.78, 5) is 28.2. The second-order valence-corrected chi connectivity index (χ2v) is 3.91. The Balaban J connectivity index is 1.96. The minimum absolute atomic E-state index is 0.472. The minimum atomic E-state index is -0.671. The highest BCUT2D eigenvalue weighted by atomic mass is 16.7. The zero-order valence-corrected chi connectivity index (χ0v) is 9.60. The second kappa shape index (κ2) is 4.97. The molecule has 0 unspecified atom stereocenters. The Morgan fingerprint density at radius 1 is 1.29 bits per heavy atom. The zero-order chi connectivity index (χ0) is 12.3. The van der Waals surface area contributed by atoms with E-state index in [2.05, 4.69) is 5.32 Å². The van der Waals surface area contributed by atoms with Crippen molar-refractivity contribution >= 4 is 17.5 Å². The van der Waals surface area contributed by atoms with Gasteiger partial charge >= 0.3 is 11.8 Å². The van der Waals surface area contributed by atoms with Crippen LogP contribution in [0.5, 0.6) is 0 Å². The van der Waals surface area contributed by atoms with Crippen molar-refractivity contribution in [2.45, 2.75) is 13.3 Å². The number of nitrogens with zero attached hydrogens (tertiary/aromatic N) is 1. The van der Waals surface area contributed by atoms with Crippen molar-refractivity contribution in [1.82, 2.24) is 5.06 Å². The Kier molecular flexibility index (Phi) is 3.39. The van der Waals surface area contributed by atoms with E-state index in [0.29, 0.717) is 18.8 Å². The fourth-order valence-corrected chi connectivity index (χ4v) is 1.54. The number of benzene rings is 1. The number of hydroxylamine groups is 2. The maximum atomic E-state index is 11.6. The van der Waals surface area contributed by atoms with Crippen molar-refractivity contribution < 1.29 is 14.4 Å². The molecule has 0 aliphatic carbocycles. The number of hydrogen-bond acceptors (Lipinski definition) is 3. The molecular weight excluding hydrogens is 220 g/mol. The van der Waals surface area contributed by atoms with Gasteiger partial charge in [-0.25, -0.2) is 5.06 Å². The predicted molar refractivity (Wildman–Crippen MR) is 62.1 cm³/mol. The lowest BCUT2D eigenvalue weighted by atomic mass is 10.2. The molecule has 1 aromatic carbocycles. The molecule has 0 aromatic heterocycles. The van der Waals surface area contributed by atoms with Crippen LogP contribution in [0.2, 0.25) is 0 Å². The highest BCUT2D eigenvalue weighted by Gasteiger charge is 2.25. The molecule has 1 fully saturated rings. The van der Waals surface area contributed by atoms with Crippen LogP contribution in [0, 0.1) is 6.92 Å². The normalized spacial score (nSPS) is 14.8. The predicted octanol–water partition coefficient (Wildman–Crippen LogP) is 1.10. The first kappa shape index (κ1) is 11.6.